The molecule has 1 atom stereocenters. The van der Waals surface area contributed by atoms with Crippen molar-refractivity contribution in [2.24, 2.45) is 5.92 Å². The molecular formula is C25H27N3O7S3. The number of nitrogens with one attached hydrogen (secondary N) is 2. The first kappa shape index (κ1) is 27.8. The summed E-state index contributed by atoms with van der Waals surface area (Å²) in [5, 5.41) is 3.15. The summed E-state index contributed by atoms with van der Waals surface area (Å²) in [6.45, 7) is 1.94. The van der Waals surface area contributed by atoms with Gasteiger partial charge >= 0.3 is 5.97 Å². The Balaban J connectivity index is 1.51. The standard InChI is InChI=1S/C25H27N3O7S3/c1-3-35-25(30)21-15-22(17-8-5-4-6-9-17)36-24(21)26-23(29)18-12-13-28(16-18)38(33,34)20-11-7-10-19(14-20)27-37(2,31)32/h4-11,14-15,18,27H,3,12-13,16H2,1-2H3,(H,26,29). The zero-order valence-corrected chi connectivity index (χ0v) is 23.2. The van der Waals surface area contributed by atoms with E-state index < -0.39 is 37.8 Å². The largest absolute Gasteiger partial charge is 0.462 e. The predicted molar refractivity (Wildman–Crippen MR) is 146 cm³/mol. The van der Waals surface area contributed by atoms with Crippen LogP contribution >= 0.6 is 11.3 Å². The highest BCUT2D eigenvalue weighted by Gasteiger charge is 2.36. The van der Waals surface area contributed by atoms with Gasteiger partial charge in [-0.25, -0.2) is 21.6 Å². The number of anilines is 2. The van der Waals surface area contributed by atoms with Crippen LogP contribution in [0.15, 0.2) is 65.6 Å². The van der Waals surface area contributed by atoms with E-state index in [0.29, 0.717) is 5.00 Å². The van der Waals surface area contributed by atoms with Crippen LogP contribution in [0.3, 0.4) is 0 Å². The molecule has 38 heavy (non-hydrogen) atoms. The number of carbonyl (C=O) groups is 2. The van der Waals surface area contributed by atoms with Gasteiger partial charge in [0.05, 0.1) is 29.2 Å². The molecule has 13 heteroatoms. The average Bonchev–Trinajstić information content (AvgIpc) is 3.52. The van der Waals surface area contributed by atoms with Crippen molar-refractivity contribution in [1.29, 1.82) is 0 Å². The third-order valence-electron chi connectivity index (χ3n) is 5.82. The first-order valence-corrected chi connectivity index (χ1v) is 15.9. The molecule has 1 aliphatic rings. The first-order chi connectivity index (χ1) is 18.0. The van der Waals surface area contributed by atoms with Crippen LogP contribution in [-0.2, 0) is 29.6 Å². The van der Waals surface area contributed by atoms with Crippen LogP contribution < -0.4 is 10.0 Å². The molecule has 2 aromatic carbocycles. The Morgan fingerprint density at radius 1 is 1.05 bits per heavy atom. The van der Waals surface area contributed by atoms with E-state index in [4.69, 9.17) is 4.74 Å². The Labute approximate surface area is 225 Å². The van der Waals surface area contributed by atoms with E-state index in [9.17, 15) is 26.4 Å². The van der Waals surface area contributed by atoms with Crippen LogP contribution in [0.4, 0.5) is 10.7 Å². The number of carbonyl (C=O) groups excluding carboxylic acids is 2. The van der Waals surface area contributed by atoms with Crippen LogP contribution in [0.2, 0.25) is 0 Å². The SMILES string of the molecule is CCOC(=O)c1cc(-c2ccccc2)sc1NC(=O)C1CCN(S(=O)(=O)c2cccc(NS(C)(=O)=O)c2)C1. The molecule has 0 spiro atoms. The fourth-order valence-electron chi connectivity index (χ4n) is 4.05. The van der Waals surface area contributed by atoms with Crippen LogP contribution in [0.1, 0.15) is 23.7 Å². The number of hydrogen-bond acceptors (Lipinski definition) is 8. The molecule has 1 aliphatic heterocycles. The van der Waals surface area contributed by atoms with Crippen LogP contribution in [-0.4, -0.2) is 59.0 Å². The van der Waals surface area contributed by atoms with Gasteiger partial charge in [0.15, 0.2) is 0 Å². The molecule has 4 rings (SSSR count). The Kier molecular flexibility index (Phi) is 8.21. The van der Waals surface area contributed by atoms with Crippen LogP contribution in [0.5, 0.6) is 0 Å². The van der Waals surface area contributed by atoms with Gasteiger partial charge in [-0.2, -0.15) is 4.31 Å². The number of sulfonamides is 2. The van der Waals surface area contributed by atoms with Crippen molar-refractivity contribution in [3.05, 3.63) is 66.2 Å². The smallest absolute Gasteiger partial charge is 0.341 e. The Morgan fingerprint density at radius 3 is 2.47 bits per heavy atom. The van der Waals surface area contributed by atoms with Gasteiger partial charge in [-0.3, -0.25) is 9.52 Å². The van der Waals surface area contributed by atoms with Crippen molar-refractivity contribution < 1.29 is 31.2 Å². The summed E-state index contributed by atoms with van der Waals surface area (Å²) < 4.78 is 58.1. The van der Waals surface area contributed by atoms with Gasteiger partial charge in [-0.1, -0.05) is 36.4 Å². The number of hydrogen-bond donors (Lipinski definition) is 2. The number of esters is 1. The fourth-order valence-corrected chi connectivity index (χ4v) is 7.20. The minimum absolute atomic E-state index is 0.0520. The van der Waals surface area contributed by atoms with Crippen molar-refractivity contribution >= 4 is 53.9 Å². The van der Waals surface area contributed by atoms with E-state index in [0.717, 1.165) is 16.7 Å². The molecule has 0 saturated carbocycles. The first-order valence-electron chi connectivity index (χ1n) is 11.7. The second-order valence-electron chi connectivity index (χ2n) is 8.68. The highest BCUT2D eigenvalue weighted by atomic mass is 32.2. The minimum Gasteiger partial charge on any atom is -0.462 e. The van der Waals surface area contributed by atoms with E-state index in [1.807, 2.05) is 30.3 Å². The maximum Gasteiger partial charge on any atom is 0.341 e. The summed E-state index contributed by atoms with van der Waals surface area (Å²) in [6, 6.07) is 16.6. The van der Waals surface area contributed by atoms with Crippen molar-refractivity contribution in [1.82, 2.24) is 4.31 Å². The number of nitrogens with zero attached hydrogens (tertiary/aromatic N) is 1. The third kappa shape index (κ3) is 6.41. The second-order valence-corrected chi connectivity index (χ2v) is 13.4. The Morgan fingerprint density at radius 2 is 1.79 bits per heavy atom. The fraction of sp³-hybridized carbons (Fsp3) is 0.280. The molecule has 1 aromatic heterocycles. The highest BCUT2D eigenvalue weighted by molar-refractivity contribution is 7.92. The predicted octanol–water partition coefficient (Wildman–Crippen LogP) is 3.61. The number of ether oxygens (including phenoxy) is 1. The lowest BCUT2D eigenvalue weighted by atomic mass is 10.1. The zero-order chi connectivity index (χ0) is 27.5. The average molecular weight is 578 g/mol. The van der Waals surface area contributed by atoms with Crippen molar-refractivity contribution in [2.75, 3.05) is 36.0 Å². The zero-order valence-electron chi connectivity index (χ0n) is 20.7. The second kappa shape index (κ2) is 11.2. The minimum atomic E-state index is -3.97. The van der Waals surface area contributed by atoms with Gasteiger partial charge in [0.2, 0.25) is 26.0 Å². The van der Waals surface area contributed by atoms with Crippen molar-refractivity contribution in [3.8, 4) is 10.4 Å². The molecule has 0 aliphatic carbocycles. The Bertz CT molecular complexity index is 1550. The summed E-state index contributed by atoms with van der Waals surface area (Å²) in [5.41, 5.74) is 1.25. The van der Waals surface area contributed by atoms with Gasteiger partial charge in [-0.15, -0.1) is 11.3 Å². The number of amides is 1. The van der Waals surface area contributed by atoms with E-state index in [1.54, 1.807) is 13.0 Å². The van der Waals surface area contributed by atoms with Crippen molar-refractivity contribution in [2.45, 2.75) is 18.2 Å². The van der Waals surface area contributed by atoms with E-state index in [2.05, 4.69) is 10.0 Å². The number of benzene rings is 2. The van der Waals surface area contributed by atoms with E-state index >= 15 is 0 Å². The summed E-state index contributed by atoms with van der Waals surface area (Å²) in [7, 11) is -7.55. The third-order valence-corrected chi connectivity index (χ3v) is 9.39. The summed E-state index contributed by atoms with van der Waals surface area (Å²) in [6.07, 6.45) is 1.26. The van der Waals surface area contributed by atoms with Gasteiger partial charge in [0.1, 0.15) is 5.00 Å². The van der Waals surface area contributed by atoms with E-state index in [-0.39, 0.29) is 42.3 Å². The quantitative estimate of drug-likeness (QED) is 0.371. The molecule has 2 N–H and O–H groups in total. The van der Waals surface area contributed by atoms with Gasteiger partial charge < -0.3 is 10.1 Å². The summed E-state index contributed by atoms with van der Waals surface area (Å²) in [5.74, 6) is -1.60. The monoisotopic (exact) mass is 577 g/mol. The molecule has 10 nitrogen and oxygen atoms in total. The summed E-state index contributed by atoms with van der Waals surface area (Å²) in [4.78, 5) is 26.4. The molecule has 3 aromatic rings. The molecule has 1 fully saturated rings. The molecule has 1 amide bonds. The summed E-state index contributed by atoms with van der Waals surface area (Å²) >= 11 is 1.24. The maximum absolute atomic E-state index is 13.2. The van der Waals surface area contributed by atoms with Crippen LogP contribution in [0.25, 0.3) is 10.4 Å². The molecule has 0 bridgehead atoms. The van der Waals surface area contributed by atoms with Gasteiger partial charge in [0.25, 0.3) is 0 Å². The number of thiophene rings is 1. The van der Waals surface area contributed by atoms with Crippen LogP contribution in [0, 0.1) is 5.92 Å². The normalized spacial score (nSPS) is 16.2. The maximum atomic E-state index is 13.2. The number of rotatable bonds is 9. The molecular weight excluding hydrogens is 550 g/mol. The highest BCUT2D eigenvalue weighted by Crippen LogP contribution is 2.37. The lowest BCUT2D eigenvalue weighted by molar-refractivity contribution is -0.119. The molecule has 1 saturated heterocycles. The van der Waals surface area contributed by atoms with Gasteiger partial charge in [0, 0.05) is 23.7 Å². The topological polar surface area (TPSA) is 139 Å². The van der Waals surface area contributed by atoms with E-state index in [1.165, 1.54) is 39.9 Å². The lowest BCUT2D eigenvalue weighted by Crippen LogP contribution is -2.31. The Hall–Kier alpha value is -3.26. The lowest BCUT2D eigenvalue weighted by Gasteiger charge is -2.17. The molecule has 1 unspecified atom stereocenters. The van der Waals surface area contributed by atoms with Crippen molar-refractivity contribution in [3.63, 3.8) is 0 Å². The molecule has 2 heterocycles. The molecule has 0 radical (unpaired) electrons. The van der Waals surface area contributed by atoms with Gasteiger partial charge in [-0.05, 0) is 43.2 Å². The molecule has 202 valence electrons.